The molecule has 1 aliphatic heterocycles. The van der Waals surface area contributed by atoms with Gasteiger partial charge in [0.1, 0.15) is 0 Å². The van der Waals surface area contributed by atoms with Crippen molar-refractivity contribution < 1.29 is 24.2 Å². The zero-order valence-corrected chi connectivity index (χ0v) is 11.6. The number of hydrogen-bond acceptors (Lipinski definition) is 3. The number of rotatable bonds is 2. The van der Waals surface area contributed by atoms with Gasteiger partial charge in [0.25, 0.3) is 0 Å². The van der Waals surface area contributed by atoms with E-state index in [1.165, 1.54) is 12.8 Å². The van der Waals surface area contributed by atoms with Gasteiger partial charge in [0.05, 0.1) is 0 Å². The minimum absolute atomic E-state index is 0. The Kier molecular flexibility index (Phi) is 12.8. The second kappa shape index (κ2) is 10.4. The Balaban J connectivity index is 0. The van der Waals surface area contributed by atoms with Gasteiger partial charge in [0, 0.05) is 0 Å². The number of nitrogens with one attached hydrogen (secondary N) is 1. The third-order valence-electron chi connectivity index (χ3n) is 1.88. The van der Waals surface area contributed by atoms with E-state index in [0.717, 1.165) is 26.2 Å². The summed E-state index contributed by atoms with van der Waals surface area (Å²) in [6.07, 6.45) is 2.38. The van der Waals surface area contributed by atoms with E-state index >= 15 is 0 Å². The molecule has 1 rings (SSSR count). The molecular weight excluding hydrogens is 259 g/mol. The summed E-state index contributed by atoms with van der Waals surface area (Å²) in [5.74, 6) is 0. The third kappa shape index (κ3) is 8.21. The number of halogens is 2. The van der Waals surface area contributed by atoms with Crippen molar-refractivity contribution in [3.8, 4) is 0 Å². The SMILES string of the molecule is C[C](=O)[Ti][N]1CCCNCCC1.Cl.Cl. The molecule has 0 unspecified atom stereocenters. The van der Waals surface area contributed by atoms with E-state index in [9.17, 15) is 4.79 Å². The molecule has 0 radical (unpaired) electrons. The second-order valence-corrected chi connectivity index (χ2v) is 5.55. The van der Waals surface area contributed by atoms with Gasteiger partial charge >= 0.3 is 82.9 Å². The molecule has 84 valence electrons. The first kappa shape index (κ1) is 17.3. The summed E-state index contributed by atoms with van der Waals surface area (Å²) in [5.41, 5.74) is 0. The zero-order valence-electron chi connectivity index (χ0n) is 8.41. The Hall–Kier alpha value is 0.884. The van der Waals surface area contributed by atoms with Gasteiger partial charge in [0.2, 0.25) is 0 Å². The predicted octanol–water partition coefficient (Wildman–Crippen LogP) is 1.06. The van der Waals surface area contributed by atoms with Gasteiger partial charge in [-0.3, -0.25) is 0 Å². The molecule has 1 aliphatic rings. The number of hydrogen-bond donors (Lipinski definition) is 1. The van der Waals surface area contributed by atoms with Gasteiger partial charge in [-0.1, -0.05) is 0 Å². The fourth-order valence-electron chi connectivity index (χ4n) is 1.36. The molecule has 0 atom stereocenters. The van der Waals surface area contributed by atoms with Crippen LogP contribution in [0.15, 0.2) is 0 Å². The molecule has 0 amide bonds. The number of carbonyl (C=O) groups is 1. The molecule has 0 saturated carbocycles. The largest absolute Gasteiger partial charge is 0.147 e. The molecule has 1 fully saturated rings. The maximum absolute atomic E-state index is 10.9. The fourth-order valence-corrected chi connectivity index (χ4v) is 2.90. The molecule has 14 heavy (non-hydrogen) atoms. The van der Waals surface area contributed by atoms with Gasteiger partial charge in [-0.15, -0.1) is 24.8 Å². The molecule has 3 nitrogen and oxygen atoms in total. The van der Waals surface area contributed by atoms with E-state index in [1.54, 1.807) is 6.92 Å². The van der Waals surface area contributed by atoms with Crippen molar-refractivity contribution in [2.24, 2.45) is 0 Å². The van der Waals surface area contributed by atoms with Gasteiger partial charge < -0.3 is 0 Å². The topological polar surface area (TPSA) is 32.3 Å². The predicted molar refractivity (Wildman–Crippen MR) is 58.9 cm³/mol. The summed E-state index contributed by atoms with van der Waals surface area (Å²) < 4.78 is 2.78. The van der Waals surface area contributed by atoms with Crippen LogP contribution in [0, 0.1) is 0 Å². The molecule has 0 spiro atoms. The summed E-state index contributed by atoms with van der Waals surface area (Å²) in [4.78, 5) is 10.9. The summed E-state index contributed by atoms with van der Waals surface area (Å²) in [7, 11) is 0. The molecular formula is C8H18Cl2N2OTi. The van der Waals surface area contributed by atoms with Crippen LogP contribution in [0.4, 0.5) is 0 Å². The van der Waals surface area contributed by atoms with Gasteiger partial charge in [-0.25, -0.2) is 0 Å². The van der Waals surface area contributed by atoms with E-state index in [-0.39, 0.29) is 24.8 Å². The van der Waals surface area contributed by atoms with E-state index in [4.69, 9.17) is 0 Å². The van der Waals surface area contributed by atoms with Crippen LogP contribution in [0.3, 0.4) is 0 Å². The van der Waals surface area contributed by atoms with Crippen LogP contribution in [-0.2, 0) is 24.2 Å². The molecule has 0 bridgehead atoms. The van der Waals surface area contributed by atoms with Crippen LogP contribution in [-0.4, -0.2) is 33.6 Å². The standard InChI is InChI=1S/C6H13N2.C2H3O.2ClH.Ti/c1-3-7-5-2-6-8-4-1;1-2-3;;;/h7H,1-6H2;1H3;2*1H;/q-1;;;;+1. The van der Waals surface area contributed by atoms with Gasteiger partial charge in [-0.2, -0.15) is 0 Å². The van der Waals surface area contributed by atoms with Crippen molar-refractivity contribution in [3.05, 3.63) is 0 Å². The van der Waals surface area contributed by atoms with Crippen LogP contribution in [0.5, 0.6) is 0 Å². The van der Waals surface area contributed by atoms with Crippen LogP contribution in [0.1, 0.15) is 19.8 Å². The van der Waals surface area contributed by atoms with Crippen molar-refractivity contribution in [2.75, 3.05) is 26.2 Å². The molecule has 6 heteroatoms. The molecule has 0 aromatic carbocycles. The first-order chi connectivity index (χ1) is 5.79. The Morgan fingerprint density at radius 2 is 1.71 bits per heavy atom. The summed E-state index contributed by atoms with van der Waals surface area (Å²) in [5, 5.41) is 3.36. The van der Waals surface area contributed by atoms with Crippen molar-refractivity contribution in [2.45, 2.75) is 19.8 Å². The van der Waals surface area contributed by atoms with Crippen LogP contribution in [0.2, 0.25) is 0 Å². The quantitative estimate of drug-likeness (QED) is 0.766. The smallest absolute Gasteiger partial charge is 0.147 e. The number of carbonyl (C=O) groups excluding carboxylic acids is 1. The summed E-state index contributed by atoms with van der Waals surface area (Å²) >= 11 is -0.450. The number of nitrogens with zero attached hydrogens (tertiary/aromatic N) is 1. The monoisotopic (exact) mass is 276 g/mol. The Morgan fingerprint density at radius 1 is 1.21 bits per heavy atom. The van der Waals surface area contributed by atoms with Crippen molar-refractivity contribution >= 4 is 28.9 Å². The fraction of sp³-hybridized carbons (Fsp3) is 0.875. The maximum Gasteiger partial charge on any atom is -0.147 e. The van der Waals surface area contributed by atoms with Crippen LogP contribution >= 0.6 is 24.8 Å². The van der Waals surface area contributed by atoms with Crippen LogP contribution < -0.4 is 5.32 Å². The van der Waals surface area contributed by atoms with Gasteiger partial charge in [-0.05, 0) is 0 Å². The Bertz CT molecular complexity index is 152. The van der Waals surface area contributed by atoms with E-state index in [1.807, 2.05) is 0 Å². The zero-order chi connectivity index (χ0) is 8.81. The first-order valence-electron chi connectivity index (χ1n) is 4.52. The molecule has 0 aromatic rings. The van der Waals surface area contributed by atoms with Crippen molar-refractivity contribution in [3.63, 3.8) is 0 Å². The van der Waals surface area contributed by atoms with Crippen molar-refractivity contribution in [1.29, 1.82) is 0 Å². The molecule has 0 aromatic heterocycles. The van der Waals surface area contributed by atoms with Crippen molar-refractivity contribution in [1.82, 2.24) is 8.70 Å². The molecule has 1 heterocycles. The third-order valence-corrected chi connectivity index (χ3v) is 3.56. The van der Waals surface area contributed by atoms with E-state index in [2.05, 4.69) is 8.70 Å². The minimum atomic E-state index is -0.450. The maximum atomic E-state index is 10.9. The normalized spacial score (nSPS) is 18.1. The summed E-state index contributed by atoms with van der Waals surface area (Å²) in [6.45, 7) is 6.18. The molecule has 1 saturated heterocycles. The minimum Gasteiger partial charge on any atom is -0.147 e. The average Bonchev–Trinajstić information content (AvgIpc) is 1.93. The Labute approximate surface area is 107 Å². The molecule has 0 aliphatic carbocycles. The Morgan fingerprint density at radius 3 is 2.14 bits per heavy atom. The van der Waals surface area contributed by atoms with E-state index in [0.29, 0.717) is 4.09 Å². The first-order valence-corrected chi connectivity index (χ1v) is 6.00. The second-order valence-electron chi connectivity index (χ2n) is 3.11. The van der Waals surface area contributed by atoms with Crippen LogP contribution in [0.25, 0.3) is 0 Å². The van der Waals surface area contributed by atoms with Gasteiger partial charge in [0.15, 0.2) is 0 Å². The average molecular weight is 277 g/mol. The molecule has 1 N–H and O–H groups in total. The summed E-state index contributed by atoms with van der Waals surface area (Å²) in [6, 6.07) is 0. The van der Waals surface area contributed by atoms with E-state index < -0.39 is 19.4 Å².